The molecule has 0 radical (unpaired) electrons. The van der Waals surface area contributed by atoms with E-state index in [1.807, 2.05) is 0 Å². The van der Waals surface area contributed by atoms with E-state index in [2.05, 4.69) is 9.97 Å². The summed E-state index contributed by atoms with van der Waals surface area (Å²) in [6.07, 6.45) is -15.8. The maximum absolute atomic E-state index is 14.9. The molecule has 0 spiro atoms. The van der Waals surface area contributed by atoms with Gasteiger partial charge in [-0.1, -0.05) is 149 Å². The van der Waals surface area contributed by atoms with E-state index in [-0.39, 0.29) is 80.0 Å². The van der Waals surface area contributed by atoms with Crippen molar-refractivity contribution in [3.05, 3.63) is 233 Å². The van der Waals surface area contributed by atoms with Crippen molar-refractivity contribution in [1.29, 1.82) is 0 Å². The predicted octanol–water partition coefficient (Wildman–Crippen LogP) is 15.0. The van der Waals surface area contributed by atoms with Crippen LogP contribution in [0, 0.1) is 24.5 Å². The number of alkyl halides is 6. The molecule has 1 unspecified atom stereocenters. The highest BCUT2D eigenvalue weighted by atomic mass is 32.2. The SMILES string of the molecule is [2H]C([2H])(Sc1nc(=O)c2c(n1C([2H])([2H])C(=O)N(CCN(C([2H])([2H])C)C([2H])([2H])C)Cc1ccc(-c3ccc(C(F)(F)F)cc3)cc1)C([2H])([2H])C([2H])(C)C2([2H])[2H])c1ccc(F)cc1.[2H]c1c([2H])c(-c2c([2H])c([2H])c(C(F)(F)F)c([2H])c2[2H])c([2H])c(C)c1CN(CCN(C([2H])([2H])C)C([2H])([2H])C)C(=O)C([2H])([2H])n1c(SC([2H])([2H])c2ccc(F)cc2)nc(=O)c2c1CCC2. The summed E-state index contributed by atoms with van der Waals surface area (Å²) >= 11 is 0.288. The number of benzene rings is 6. The first-order valence-electron chi connectivity index (χ1n) is 43.3. The molecule has 0 aliphatic heterocycles. The minimum atomic E-state index is -5.31. The van der Waals surface area contributed by atoms with E-state index in [1.54, 1.807) is 0 Å². The lowest BCUT2D eigenvalue weighted by Crippen LogP contribution is -2.40. The van der Waals surface area contributed by atoms with Gasteiger partial charge in [-0.3, -0.25) is 19.2 Å². The number of carbonyl (C=O) groups is 2. The fraction of sp³-hybridized carbons (Fsp3) is 0.378. The highest BCUT2D eigenvalue weighted by molar-refractivity contribution is 7.98. The number of amides is 2. The molecule has 0 fully saturated rings. The van der Waals surface area contributed by atoms with Crippen molar-refractivity contribution in [1.82, 2.24) is 38.7 Å². The van der Waals surface area contributed by atoms with E-state index in [1.165, 1.54) is 43.3 Å². The summed E-state index contributed by atoms with van der Waals surface area (Å²) in [5, 5.41) is -1.55. The number of fused-ring (bicyclic) bond motifs is 2. The second-order valence-corrected chi connectivity index (χ2v) is 22.7. The molecule has 0 bridgehead atoms. The van der Waals surface area contributed by atoms with Crippen LogP contribution >= 0.6 is 23.5 Å². The van der Waals surface area contributed by atoms with Gasteiger partial charge in [-0.15, -0.1) is 0 Å². The third-order valence-corrected chi connectivity index (χ3v) is 16.3. The van der Waals surface area contributed by atoms with Crippen molar-refractivity contribution >= 4 is 35.3 Å². The molecule has 2 aliphatic carbocycles. The number of nitrogens with zero attached hydrogens (tertiary/aromatic N) is 8. The van der Waals surface area contributed by atoms with Crippen LogP contribution in [0.4, 0.5) is 35.1 Å². The first-order valence-corrected chi connectivity index (χ1v) is 31.0. The third-order valence-electron chi connectivity index (χ3n) is 14.7. The van der Waals surface area contributed by atoms with Crippen LogP contribution in [0.15, 0.2) is 159 Å². The van der Waals surface area contributed by atoms with Gasteiger partial charge in [0.25, 0.3) is 11.1 Å². The van der Waals surface area contributed by atoms with Gasteiger partial charge < -0.3 is 28.7 Å². The Morgan fingerprint density at radius 3 is 1.53 bits per heavy atom. The van der Waals surface area contributed by atoms with E-state index < -0.39 is 241 Å². The van der Waals surface area contributed by atoms with Gasteiger partial charge in [0.2, 0.25) is 11.8 Å². The van der Waals surface area contributed by atoms with Gasteiger partial charge in [-0.2, -0.15) is 36.3 Å². The Balaban J connectivity index is 0.000000281. The Hall–Kier alpha value is -7.92. The number of aromatic nitrogens is 4. The zero-order valence-electron chi connectivity index (χ0n) is 80.2. The van der Waals surface area contributed by atoms with Crippen LogP contribution in [0.2, 0.25) is 0 Å². The molecule has 1 atom stereocenters. The summed E-state index contributed by atoms with van der Waals surface area (Å²) in [6, 6.07) is 10.4. The number of hydrogen-bond acceptors (Lipinski definition) is 10. The molecule has 96 heavy (non-hydrogen) atoms. The van der Waals surface area contributed by atoms with Gasteiger partial charge in [0.15, 0.2) is 10.3 Å². The summed E-state index contributed by atoms with van der Waals surface area (Å²) in [6.45, 7) is -14.0. The molecule has 12 nitrogen and oxygen atoms in total. The maximum Gasteiger partial charge on any atom is 0.416 e. The number of thioether (sulfide) groups is 2. The van der Waals surface area contributed by atoms with Crippen molar-refractivity contribution < 1.29 is 83.1 Å². The first-order chi connectivity index (χ1) is 56.4. The molecule has 2 aliphatic rings. The zero-order chi connectivity index (χ0) is 93.8. The van der Waals surface area contributed by atoms with E-state index >= 15 is 0 Å². The smallest absolute Gasteiger partial charge is 0.336 e. The number of carbonyl (C=O) groups excluding carboxylic acids is 2. The van der Waals surface area contributed by atoms with Crippen LogP contribution in [-0.4, -0.2) is 103 Å². The van der Waals surface area contributed by atoms with Crippen molar-refractivity contribution in [3.63, 3.8) is 0 Å². The molecule has 508 valence electrons. The normalized spacial score (nSPS) is 20.9. The van der Waals surface area contributed by atoms with E-state index in [9.17, 15) is 59.8 Å². The van der Waals surface area contributed by atoms with E-state index in [0.29, 0.717) is 22.4 Å². The van der Waals surface area contributed by atoms with Gasteiger partial charge >= 0.3 is 12.4 Å². The number of hydrogen-bond donors (Lipinski definition) is 0. The number of likely N-dealkylation sites (N-methyl/N-ethyl adjacent to an activating group) is 2. The van der Waals surface area contributed by atoms with Crippen LogP contribution in [0.3, 0.4) is 0 Å². The molecule has 2 heterocycles. The summed E-state index contributed by atoms with van der Waals surface area (Å²) in [5.74, 6) is -7.27. The fourth-order valence-corrected chi connectivity index (χ4v) is 11.1. The minimum absolute atomic E-state index is 0.00202. The molecule has 10 rings (SSSR count). The highest BCUT2D eigenvalue weighted by Gasteiger charge is 2.33. The summed E-state index contributed by atoms with van der Waals surface area (Å²) in [7, 11) is 0. The molecule has 6 aromatic carbocycles. The summed E-state index contributed by atoms with van der Waals surface area (Å²) in [5.41, 5.74) is -13.8. The Labute approximate surface area is 603 Å². The van der Waals surface area contributed by atoms with Crippen LogP contribution in [-0.2, 0) is 85.0 Å². The standard InChI is InChI=1S/2C37H40F4N4O2S/c1-4-43(5-2)18-19-44(22-26-6-10-28(11-7-26)29-12-14-30(15-13-29)37(39,40)41)34(46)23-45-33-21-25(3)20-32(33)35(47)42-36(45)48-24-27-8-16-31(38)17-9-27;1-4-43(5-2)19-20-44(22-29-12-11-28(21-25(29)3)27-13-15-30(16-14-27)37(39,40)41)34(46)23-45-33-8-6-7-32(33)35(47)42-36(45)48-24-26-9-17-31(38)18-10-26/h6-17,25H,4-5,18-24H2,1-3H3;9-18,21H,4-8,19-20,22-24H2,1-3H3/i4D2,5D2,20D2,21D2,23D2,24D2,25D;4D2,5D2,11D,12D,13D,14D,15D,16D,21D,23D2,24D2. The number of halogens is 8. The molecule has 2 amide bonds. The van der Waals surface area contributed by atoms with E-state index in [0.717, 1.165) is 115 Å². The van der Waals surface area contributed by atoms with Crippen LogP contribution < -0.4 is 11.1 Å². The van der Waals surface area contributed by atoms with E-state index in [4.69, 9.17) is 32.9 Å². The minimum Gasteiger partial charge on any atom is -0.336 e. The quantitative estimate of drug-likeness (QED) is 0.0295. The molecule has 0 saturated heterocycles. The first kappa shape index (κ1) is 43.4. The topological polar surface area (TPSA) is 117 Å². The molecule has 2 aromatic heterocycles. The average Bonchev–Trinajstić information content (AvgIpc) is 1.51. The lowest BCUT2D eigenvalue weighted by Gasteiger charge is -2.28. The van der Waals surface area contributed by atoms with Crippen LogP contribution in [0.5, 0.6) is 0 Å². The molecule has 0 saturated carbocycles. The highest BCUT2D eigenvalue weighted by Crippen LogP contribution is 2.35. The third kappa shape index (κ3) is 19.0. The Morgan fingerprint density at radius 1 is 0.573 bits per heavy atom. The van der Waals surface area contributed by atoms with Crippen molar-refractivity contribution in [2.24, 2.45) is 5.89 Å². The van der Waals surface area contributed by atoms with Gasteiger partial charge in [0, 0.05) is 96.5 Å². The van der Waals surface area contributed by atoms with Gasteiger partial charge in [-0.05, 0) is 169 Å². The monoisotopic (exact) mass is 1390 g/mol. The van der Waals surface area contributed by atoms with Crippen molar-refractivity contribution in [2.75, 3.05) is 52.2 Å². The van der Waals surface area contributed by atoms with Crippen molar-refractivity contribution in [3.8, 4) is 22.3 Å². The Morgan fingerprint density at radius 2 is 1.03 bits per heavy atom. The van der Waals surface area contributed by atoms with Gasteiger partial charge in [-0.25, -0.2) is 8.78 Å². The lowest BCUT2D eigenvalue weighted by molar-refractivity contribution is -0.138. The molecular weight excluding hydrogens is 1280 g/mol. The van der Waals surface area contributed by atoms with Crippen LogP contribution in [0.1, 0.15) is 141 Å². The number of rotatable bonds is 26. The Kier molecular flexibility index (Phi) is 14.9. The second-order valence-electron chi connectivity index (χ2n) is 21.1. The maximum atomic E-state index is 14.9. The molecular formula is C74H80F8N8O4S2. The average molecular weight is 1390 g/mol. The van der Waals surface area contributed by atoms with Crippen LogP contribution in [0.25, 0.3) is 22.3 Å². The fourth-order valence-electron chi connectivity index (χ4n) is 9.66. The summed E-state index contributed by atoms with van der Waals surface area (Å²) in [4.78, 5) is 67.4. The van der Waals surface area contributed by atoms with Gasteiger partial charge in [0.05, 0.1) is 26.2 Å². The Bertz CT molecular complexity index is 5450. The summed E-state index contributed by atoms with van der Waals surface area (Å²) < 4.78 is 352. The lowest BCUT2D eigenvalue weighted by atomic mass is 9.98. The molecule has 22 heteroatoms. The van der Waals surface area contributed by atoms with Gasteiger partial charge in [0.1, 0.15) is 24.6 Å². The predicted molar refractivity (Wildman–Crippen MR) is 362 cm³/mol. The zero-order valence-corrected chi connectivity index (χ0v) is 53.8. The second kappa shape index (κ2) is 32.9. The molecule has 8 aromatic rings. The largest absolute Gasteiger partial charge is 0.416 e. The molecule has 0 N–H and O–H groups in total. The van der Waals surface area contributed by atoms with Crippen molar-refractivity contribution in [2.45, 2.75) is 134 Å².